The molecule has 2 unspecified atom stereocenters. The summed E-state index contributed by atoms with van der Waals surface area (Å²) in [5, 5.41) is 24.5. The van der Waals surface area contributed by atoms with Crippen LogP contribution in [0.5, 0.6) is 0 Å². The van der Waals surface area contributed by atoms with Crippen LogP contribution in [0.2, 0.25) is 0 Å². The van der Waals surface area contributed by atoms with Gasteiger partial charge in [-0.25, -0.2) is 9.13 Å². The minimum atomic E-state index is -4.84. The van der Waals surface area contributed by atoms with E-state index in [0.717, 1.165) is 7.11 Å². The van der Waals surface area contributed by atoms with Crippen LogP contribution < -0.4 is 10.6 Å². The number of methoxy groups -OCH3 is 1. The highest BCUT2D eigenvalue weighted by atomic mass is 31.2. The van der Waals surface area contributed by atoms with E-state index in [2.05, 4.69) is 19.7 Å². The largest absolute Gasteiger partial charge is 0.469 e. The number of phosphoric acid groups is 2. The number of hydrogen-bond donors (Lipinski definition) is 8. The van der Waals surface area contributed by atoms with Crippen LogP contribution in [0.1, 0.15) is 27.7 Å². The highest BCUT2D eigenvalue weighted by Crippen LogP contribution is 2.39. The van der Waals surface area contributed by atoms with E-state index in [1.54, 1.807) is 0 Å². The number of amides is 2. The van der Waals surface area contributed by atoms with Gasteiger partial charge in [-0.2, -0.15) is 0 Å². The lowest BCUT2D eigenvalue weighted by molar-refractivity contribution is -0.147. The van der Waals surface area contributed by atoms with E-state index in [1.165, 1.54) is 27.7 Å². The number of carbonyl (C=O) groups excluding carboxylic acids is 2. The molecule has 0 aromatic heterocycles. The number of ether oxygens (including phenoxy) is 1. The Bertz CT molecular complexity index is 659. The fraction of sp³-hybridized carbons (Fsp3) is 0.857. The first-order chi connectivity index (χ1) is 13.7. The molecule has 17 heteroatoms. The van der Waals surface area contributed by atoms with Crippen molar-refractivity contribution in [3.05, 3.63) is 0 Å². The molecule has 15 nitrogen and oxygen atoms in total. The zero-order chi connectivity index (χ0) is 24.8. The number of nitrogens with one attached hydrogen (secondary N) is 2. The van der Waals surface area contributed by atoms with Gasteiger partial charge in [0, 0.05) is 17.9 Å². The maximum absolute atomic E-state index is 12.2. The Hall–Kier alpha value is -0.960. The first-order valence-corrected chi connectivity index (χ1v) is 11.7. The van der Waals surface area contributed by atoms with Crippen LogP contribution in [0.4, 0.5) is 0 Å². The van der Waals surface area contributed by atoms with Gasteiger partial charge in [-0.1, -0.05) is 27.7 Å². The van der Waals surface area contributed by atoms with Crippen molar-refractivity contribution >= 4 is 27.5 Å². The second kappa shape index (κ2) is 11.3. The molecule has 184 valence electrons. The Morgan fingerprint density at radius 3 is 1.32 bits per heavy atom. The molecule has 0 aliphatic heterocycles. The second-order valence-electron chi connectivity index (χ2n) is 7.94. The summed E-state index contributed by atoms with van der Waals surface area (Å²) in [5.41, 5.74) is -2.90. The van der Waals surface area contributed by atoms with E-state index in [1.807, 2.05) is 0 Å². The molecule has 0 aromatic rings. The topological polar surface area (TPSA) is 241 Å². The summed E-state index contributed by atoms with van der Waals surface area (Å²) in [6, 6.07) is 0. The minimum Gasteiger partial charge on any atom is -0.383 e. The van der Waals surface area contributed by atoms with Crippen LogP contribution in [-0.2, 0) is 32.5 Å². The molecule has 0 spiro atoms. The van der Waals surface area contributed by atoms with Gasteiger partial charge < -0.3 is 45.2 Å². The van der Waals surface area contributed by atoms with E-state index < -0.39 is 70.1 Å². The predicted molar refractivity (Wildman–Crippen MR) is 103 cm³/mol. The zero-order valence-corrected chi connectivity index (χ0v) is 19.4. The van der Waals surface area contributed by atoms with Crippen molar-refractivity contribution < 1.29 is 62.3 Å². The number of hydrogen-bond acceptors (Lipinski definition) is 9. The number of carbonyl (C=O) groups is 2. The van der Waals surface area contributed by atoms with E-state index in [-0.39, 0.29) is 0 Å². The van der Waals surface area contributed by atoms with Gasteiger partial charge in [0.1, 0.15) is 12.2 Å². The van der Waals surface area contributed by atoms with Crippen molar-refractivity contribution in [1.29, 1.82) is 0 Å². The quantitative estimate of drug-likeness (QED) is 0.103. The fourth-order valence-corrected chi connectivity index (χ4v) is 2.94. The van der Waals surface area contributed by atoms with Crippen molar-refractivity contribution in [2.45, 2.75) is 46.3 Å². The van der Waals surface area contributed by atoms with Gasteiger partial charge in [0.15, 0.2) is 0 Å². The van der Waals surface area contributed by atoms with Gasteiger partial charge >= 0.3 is 15.6 Å². The Kier molecular flexibility index (Phi) is 10.9. The van der Waals surface area contributed by atoms with Gasteiger partial charge in [0.05, 0.1) is 13.2 Å². The van der Waals surface area contributed by atoms with Crippen LogP contribution in [0.15, 0.2) is 0 Å². The van der Waals surface area contributed by atoms with Crippen LogP contribution in [0.3, 0.4) is 0 Å². The summed E-state index contributed by atoms with van der Waals surface area (Å²) in [6.45, 7) is 3.81. The summed E-state index contributed by atoms with van der Waals surface area (Å²) >= 11 is 0. The van der Waals surface area contributed by atoms with E-state index in [9.17, 15) is 28.9 Å². The molecule has 0 aliphatic rings. The maximum Gasteiger partial charge on any atom is 0.469 e. The summed E-state index contributed by atoms with van der Waals surface area (Å²) in [7, 11) is -8.60. The van der Waals surface area contributed by atoms with Crippen molar-refractivity contribution in [3.8, 4) is 0 Å². The molecule has 0 aliphatic carbocycles. The van der Waals surface area contributed by atoms with Crippen LogP contribution >= 0.6 is 15.6 Å². The molecule has 0 radical (unpaired) electrons. The zero-order valence-electron chi connectivity index (χ0n) is 17.6. The van der Waals surface area contributed by atoms with Gasteiger partial charge in [-0.05, 0) is 0 Å². The molecule has 0 rings (SSSR count). The summed E-state index contributed by atoms with van der Waals surface area (Å²) in [4.78, 5) is 59.5. The summed E-state index contributed by atoms with van der Waals surface area (Å²) in [6.07, 6.45) is -5.22. The molecule has 31 heavy (non-hydrogen) atoms. The van der Waals surface area contributed by atoms with Crippen LogP contribution in [0.25, 0.3) is 0 Å². The number of rotatable bonds is 13. The molecule has 0 bridgehead atoms. The second-order valence-corrected chi connectivity index (χ2v) is 10.4. The molecule has 8 N–H and O–H groups in total. The third-order valence-corrected chi connectivity index (χ3v) is 4.90. The average molecular weight is 496 g/mol. The molecule has 0 saturated heterocycles. The third-order valence-electron chi connectivity index (χ3n) is 3.97. The summed E-state index contributed by atoms with van der Waals surface area (Å²) < 4.78 is 35.1. The lowest BCUT2D eigenvalue weighted by Crippen LogP contribution is -2.57. The molecule has 0 fully saturated rings. The lowest BCUT2D eigenvalue weighted by atomic mass is 9.87. The van der Waals surface area contributed by atoms with E-state index in [4.69, 9.17) is 24.3 Å². The molecule has 0 aromatic carbocycles. The highest BCUT2D eigenvalue weighted by Gasteiger charge is 2.39. The Labute approximate surface area is 178 Å². The van der Waals surface area contributed by atoms with Crippen molar-refractivity contribution in [2.75, 3.05) is 20.3 Å². The first-order valence-electron chi connectivity index (χ1n) is 8.62. The number of phosphoric ester groups is 2. The normalized spacial score (nSPS) is 16.4. The number of aliphatic hydroxyl groups excluding tert-OH is 2. The first kappa shape index (κ1) is 30.0. The molecule has 2 amide bonds. The van der Waals surface area contributed by atoms with Gasteiger partial charge in [0.2, 0.25) is 6.35 Å². The fourth-order valence-electron chi connectivity index (χ4n) is 1.94. The molecule has 2 atom stereocenters. The third kappa shape index (κ3) is 11.5. The highest BCUT2D eigenvalue weighted by molar-refractivity contribution is 7.46. The van der Waals surface area contributed by atoms with Gasteiger partial charge in [0.25, 0.3) is 11.8 Å². The van der Waals surface area contributed by atoms with E-state index in [0.29, 0.717) is 0 Å². The molecular weight excluding hydrogens is 466 g/mol. The van der Waals surface area contributed by atoms with Gasteiger partial charge in [-0.3, -0.25) is 18.6 Å². The van der Waals surface area contributed by atoms with E-state index >= 15 is 0 Å². The Balaban J connectivity index is 5.02. The van der Waals surface area contributed by atoms with Crippen LogP contribution in [-0.4, -0.2) is 80.5 Å². The monoisotopic (exact) mass is 496 g/mol. The minimum absolute atomic E-state index is 0.678. The molecular formula is C14H30N2O13P2. The number of aliphatic hydroxyl groups is 2. The van der Waals surface area contributed by atoms with Crippen molar-refractivity contribution in [3.63, 3.8) is 0 Å². The summed E-state index contributed by atoms with van der Waals surface area (Å²) in [5.74, 6) is -2.19. The average Bonchev–Trinajstić information content (AvgIpc) is 2.61. The smallest absolute Gasteiger partial charge is 0.383 e. The van der Waals surface area contributed by atoms with Crippen LogP contribution in [0, 0.1) is 10.8 Å². The van der Waals surface area contributed by atoms with Crippen molar-refractivity contribution in [2.24, 2.45) is 10.8 Å². The van der Waals surface area contributed by atoms with Gasteiger partial charge in [-0.15, -0.1) is 0 Å². The maximum atomic E-state index is 12.2. The molecule has 0 saturated carbocycles. The Morgan fingerprint density at radius 1 is 0.806 bits per heavy atom. The predicted octanol–water partition coefficient (Wildman–Crippen LogP) is -1.86. The SMILES string of the molecule is COC(NC(=O)C(O)C(C)(C)COP(=O)(O)O)NC(=O)C(O)C(C)(C)COP(=O)(O)O. The Morgan fingerprint density at radius 2 is 1.10 bits per heavy atom. The molecule has 0 heterocycles. The lowest BCUT2D eigenvalue weighted by Gasteiger charge is -2.32. The van der Waals surface area contributed by atoms with Crippen molar-refractivity contribution in [1.82, 2.24) is 10.6 Å². The standard InChI is InChI=1S/C14H30N2O13P2/c1-13(2,6-28-30(21,22)23)8(17)10(19)15-12(27-5)16-11(20)9(18)14(3,4)7-29-31(24,25)26/h8-9,12,17-18H,6-7H2,1-5H3,(H,15,19)(H,16,20)(H2,21,22,23)(H2,24,25,26).